The van der Waals surface area contributed by atoms with E-state index in [1.54, 1.807) is 42.9 Å². The summed E-state index contributed by atoms with van der Waals surface area (Å²) in [5.74, 6) is 1.53. The topological polar surface area (TPSA) is 47.0 Å². The monoisotopic (exact) mass is 323 g/mol. The largest absolute Gasteiger partial charge is 0.457 e. The summed E-state index contributed by atoms with van der Waals surface area (Å²) in [6.07, 6.45) is 5.04. The molecule has 0 aliphatic rings. The van der Waals surface area contributed by atoms with E-state index in [1.807, 2.05) is 26.0 Å². The van der Waals surface area contributed by atoms with Crippen LogP contribution in [0, 0.1) is 5.82 Å². The summed E-state index contributed by atoms with van der Waals surface area (Å²) in [5, 5.41) is 3.14. The van der Waals surface area contributed by atoms with Crippen LogP contribution in [-0.2, 0) is 0 Å². The highest BCUT2D eigenvalue weighted by Crippen LogP contribution is 2.27. The van der Waals surface area contributed by atoms with E-state index in [0.29, 0.717) is 22.9 Å². The fraction of sp³-hybridized carbons (Fsp3) is 0.158. The minimum Gasteiger partial charge on any atom is -0.457 e. The van der Waals surface area contributed by atoms with Gasteiger partial charge in [0.2, 0.25) is 0 Å². The third-order valence-electron chi connectivity index (χ3n) is 3.49. The Hall–Kier alpha value is -2.95. The molecule has 0 bridgehead atoms. The second-order valence-electron chi connectivity index (χ2n) is 5.68. The Morgan fingerprint density at radius 1 is 1.04 bits per heavy atom. The zero-order valence-electron chi connectivity index (χ0n) is 13.5. The van der Waals surface area contributed by atoms with Crippen LogP contribution < -0.4 is 10.1 Å². The Morgan fingerprint density at radius 3 is 2.58 bits per heavy atom. The minimum absolute atomic E-state index is 0.134. The van der Waals surface area contributed by atoms with Gasteiger partial charge in [0.05, 0.1) is 11.9 Å². The molecule has 122 valence electrons. The van der Waals surface area contributed by atoms with Gasteiger partial charge in [0, 0.05) is 24.5 Å². The molecule has 3 aromatic rings. The zero-order chi connectivity index (χ0) is 16.9. The van der Waals surface area contributed by atoms with Gasteiger partial charge in [0.1, 0.15) is 23.1 Å². The number of halogens is 1. The highest BCUT2D eigenvalue weighted by Gasteiger charge is 2.08. The number of benzene rings is 1. The van der Waals surface area contributed by atoms with Crippen LogP contribution in [0.2, 0.25) is 0 Å². The number of hydrogen-bond donors (Lipinski definition) is 1. The maximum Gasteiger partial charge on any atom is 0.134 e. The summed E-state index contributed by atoms with van der Waals surface area (Å²) < 4.78 is 19.8. The van der Waals surface area contributed by atoms with Gasteiger partial charge in [-0.15, -0.1) is 0 Å². The number of nitrogens with zero attached hydrogens (tertiary/aromatic N) is 2. The van der Waals surface area contributed by atoms with Gasteiger partial charge in [0.15, 0.2) is 0 Å². The minimum atomic E-state index is -0.259. The second kappa shape index (κ2) is 7.08. The Kier molecular flexibility index (Phi) is 4.70. The second-order valence-corrected chi connectivity index (χ2v) is 5.68. The van der Waals surface area contributed by atoms with Gasteiger partial charge in [-0.2, -0.15) is 0 Å². The number of rotatable bonds is 5. The maximum absolute atomic E-state index is 14.1. The first-order valence-corrected chi connectivity index (χ1v) is 7.72. The highest BCUT2D eigenvalue weighted by atomic mass is 19.1. The highest BCUT2D eigenvalue weighted by molar-refractivity contribution is 5.56. The molecule has 0 unspecified atom stereocenters. The fourth-order valence-electron chi connectivity index (χ4n) is 2.30. The van der Waals surface area contributed by atoms with E-state index in [4.69, 9.17) is 4.74 Å². The van der Waals surface area contributed by atoms with Crippen LogP contribution in [0.15, 0.2) is 61.1 Å². The first kappa shape index (κ1) is 15.9. The van der Waals surface area contributed by atoms with E-state index in [2.05, 4.69) is 15.3 Å². The van der Waals surface area contributed by atoms with Gasteiger partial charge in [-0.05, 0) is 35.7 Å². The van der Waals surface area contributed by atoms with E-state index >= 15 is 0 Å². The summed E-state index contributed by atoms with van der Waals surface area (Å²) in [6.45, 7) is 3.91. The van der Waals surface area contributed by atoms with Crippen LogP contribution >= 0.6 is 0 Å². The van der Waals surface area contributed by atoms with Crippen molar-refractivity contribution < 1.29 is 9.13 Å². The Morgan fingerprint density at radius 2 is 1.88 bits per heavy atom. The van der Waals surface area contributed by atoms with Crippen molar-refractivity contribution in [3.8, 4) is 11.5 Å². The summed E-state index contributed by atoms with van der Waals surface area (Å²) in [5.41, 5.74) is 1.51. The molecule has 0 saturated carbocycles. The average molecular weight is 323 g/mol. The van der Waals surface area contributed by atoms with Gasteiger partial charge in [-0.3, -0.25) is 4.98 Å². The molecular formula is C19H18FN3O. The maximum atomic E-state index is 14.1. The molecule has 3 rings (SSSR count). The number of aromatic nitrogens is 2. The lowest BCUT2D eigenvalue weighted by molar-refractivity contribution is 0.474. The Bertz CT molecular complexity index is 822. The molecule has 0 atom stereocenters. The first-order valence-electron chi connectivity index (χ1n) is 7.72. The lowest BCUT2D eigenvalue weighted by Gasteiger charge is -2.11. The Labute approximate surface area is 140 Å². The third-order valence-corrected chi connectivity index (χ3v) is 3.49. The van der Waals surface area contributed by atoms with E-state index in [0.717, 1.165) is 5.69 Å². The fourth-order valence-corrected chi connectivity index (χ4v) is 2.30. The van der Waals surface area contributed by atoms with Gasteiger partial charge in [-0.25, -0.2) is 9.37 Å². The molecule has 1 aromatic carbocycles. The molecule has 0 aliphatic carbocycles. The summed E-state index contributed by atoms with van der Waals surface area (Å²) in [7, 11) is 0. The van der Waals surface area contributed by atoms with Crippen LogP contribution in [0.25, 0.3) is 0 Å². The molecule has 0 spiro atoms. The van der Waals surface area contributed by atoms with E-state index < -0.39 is 0 Å². The van der Waals surface area contributed by atoms with Crippen molar-refractivity contribution in [3.05, 3.63) is 72.4 Å². The van der Waals surface area contributed by atoms with E-state index in [9.17, 15) is 4.39 Å². The quantitative estimate of drug-likeness (QED) is 0.694. The van der Waals surface area contributed by atoms with Gasteiger partial charge < -0.3 is 10.1 Å². The van der Waals surface area contributed by atoms with Crippen molar-refractivity contribution >= 4 is 11.5 Å². The molecule has 2 heterocycles. The predicted octanol–water partition coefficient (Wildman–Crippen LogP) is 5.28. The first-order chi connectivity index (χ1) is 11.6. The molecule has 0 radical (unpaired) electrons. The SMILES string of the molecule is CC(C)c1ccc(Oc2ccnc(Nc3cccnc3)c2)cc1F. The van der Waals surface area contributed by atoms with Gasteiger partial charge in [-0.1, -0.05) is 19.9 Å². The van der Waals surface area contributed by atoms with Crippen LogP contribution in [0.1, 0.15) is 25.3 Å². The summed E-state index contributed by atoms with van der Waals surface area (Å²) >= 11 is 0. The molecule has 5 heteroatoms. The molecule has 1 N–H and O–H groups in total. The summed E-state index contributed by atoms with van der Waals surface area (Å²) in [6, 6.07) is 12.1. The van der Waals surface area contributed by atoms with Crippen molar-refractivity contribution in [2.75, 3.05) is 5.32 Å². The normalized spacial score (nSPS) is 10.7. The predicted molar refractivity (Wildman–Crippen MR) is 92.3 cm³/mol. The molecule has 4 nitrogen and oxygen atoms in total. The van der Waals surface area contributed by atoms with Crippen LogP contribution in [-0.4, -0.2) is 9.97 Å². The number of nitrogens with one attached hydrogen (secondary N) is 1. The number of anilines is 2. The van der Waals surface area contributed by atoms with Gasteiger partial charge >= 0.3 is 0 Å². The number of ether oxygens (including phenoxy) is 1. The van der Waals surface area contributed by atoms with E-state index in [1.165, 1.54) is 6.07 Å². The number of pyridine rings is 2. The molecule has 0 amide bonds. The van der Waals surface area contributed by atoms with Crippen molar-refractivity contribution in [1.29, 1.82) is 0 Å². The third kappa shape index (κ3) is 3.87. The average Bonchev–Trinajstić information content (AvgIpc) is 2.56. The van der Waals surface area contributed by atoms with Crippen LogP contribution in [0.4, 0.5) is 15.9 Å². The smallest absolute Gasteiger partial charge is 0.134 e. The van der Waals surface area contributed by atoms with Crippen molar-refractivity contribution in [3.63, 3.8) is 0 Å². The molecule has 0 saturated heterocycles. The number of hydrogen-bond acceptors (Lipinski definition) is 4. The molecule has 24 heavy (non-hydrogen) atoms. The lowest BCUT2D eigenvalue weighted by Crippen LogP contribution is -1.96. The van der Waals surface area contributed by atoms with Crippen molar-refractivity contribution in [1.82, 2.24) is 9.97 Å². The van der Waals surface area contributed by atoms with Crippen LogP contribution in [0.3, 0.4) is 0 Å². The van der Waals surface area contributed by atoms with Gasteiger partial charge in [0.25, 0.3) is 0 Å². The molecular weight excluding hydrogens is 305 g/mol. The standard InChI is InChI=1S/C19H18FN3O/c1-13(2)17-6-5-15(10-18(17)20)24-16-7-9-22-19(11-16)23-14-4-3-8-21-12-14/h3-13H,1-2H3,(H,22,23). The van der Waals surface area contributed by atoms with E-state index in [-0.39, 0.29) is 11.7 Å². The molecule has 0 fully saturated rings. The van der Waals surface area contributed by atoms with Crippen molar-refractivity contribution in [2.45, 2.75) is 19.8 Å². The zero-order valence-corrected chi connectivity index (χ0v) is 13.5. The Balaban J connectivity index is 1.76. The molecule has 2 aromatic heterocycles. The lowest BCUT2D eigenvalue weighted by atomic mass is 10.0. The van der Waals surface area contributed by atoms with Crippen LogP contribution in [0.5, 0.6) is 11.5 Å². The summed E-state index contributed by atoms with van der Waals surface area (Å²) in [4.78, 5) is 8.28. The molecule has 0 aliphatic heterocycles. The van der Waals surface area contributed by atoms with Crippen molar-refractivity contribution in [2.24, 2.45) is 0 Å².